The van der Waals surface area contributed by atoms with Crippen molar-refractivity contribution in [1.29, 1.82) is 0 Å². The van der Waals surface area contributed by atoms with Gasteiger partial charge in [-0.2, -0.15) is 0 Å². The van der Waals surface area contributed by atoms with Crippen LogP contribution in [0.5, 0.6) is 11.5 Å². The molecular weight excluding hydrogens is 221 g/mol. The quantitative estimate of drug-likeness (QED) is 0.714. The lowest BCUT2D eigenvalue weighted by Crippen LogP contribution is -1.99. The van der Waals surface area contributed by atoms with Crippen LogP contribution in [0.15, 0.2) is 42.5 Å². The molecule has 0 unspecified atom stereocenters. The van der Waals surface area contributed by atoms with E-state index in [1.807, 2.05) is 0 Å². The summed E-state index contributed by atoms with van der Waals surface area (Å²) < 4.78 is 13.0. The second kappa shape index (κ2) is 4.74. The molecule has 0 saturated heterocycles. The molecule has 0 radical (unpaired) electrons. The van der Waals surface area contributed by atoms with Gasteiger partial charge in [0.1, 0.15) is 17.3 Å². The van der Waals surface area contributed by atoms with Gasteiger partial charge in [0.25, 0.3) is 0 Å². The van der Waals surface area contributed by atoms with Crippen LogP contribution < -0.4 is 5.32 Å². The minimum Gasteiger partial charge on any atom is -0.508 e. The van der Waals surface area contributed by atoms with Crippen molar-refractivity contribution in [3.05, 3.63) is 53.8 Å². The van der Waals surface area contributed by atoms with Gasteiger partial charge in [-0.15, -0.1) is 0 Å². The third kappa shape index (κ3) is 3.11. The second-order valence-corrected chi connectivity index (χ2v) is 3.72. The first-order valence-electron chi connectivity index (χ1n) is 5.15. The molecule has 0 heterocycles. The van der Waals surface area contributed by atoms with Crippen LogP contribution in [0.1, 0.15) is 5.56 Å². The van der Waals surface area contributed by atoms with E-state index in [4.69, 9.17) is 5.11 Å². The van der Waals surface area contributed by atoms with Crippen LogP contribution in [0.3, 0.4) is 0 Å². The fraction of sp³-hybridized carbons (Fsp3) is 0.0769. The maximum Gasteiger partial charge on any atom is 0.127 e. The van der Waals surface area contributed by atoms with Crippen LogP contribution in [0, 0.1) is 5.82 Å². The molecule has 0 aliphatic heterocycles. The molecule has 2 rings (SSSR count). The summed E-state index contributed by atoms with van der Waals surface area (Å²) in [4.78, 5) is 0. The molecule has 2 aromatic rings. The van der Waals surface area contributed by atoms with E-state index in [-0.39, 0.29) is 11.5 Å². The number of aromatic hydroxyl groups is 2. The lowest BCUT2D eigenvalue weighted by atomic mass is 10.2. The van der Waals surface area contributed by atoms with Crippen molar-refractivity contribution in [3.8, 4) is 11.5 Å². The summed E-state index contributed by atoms with van der Waals surface area (Å²) in [7, 11) is 0. The molecule has 0 aliphatic carbocycles. The Morgan fingerprint density at radius 2 is 1.65 bits per heavy atom. The summed E-state index contributed by atoms with van der Waals surface area (Å²) >= 11 is 0. The topological polar surface area (TPSA) is 52.5 Å². The average molecular weight is 233 g/mol. The lowest BCUT2D eigenvalue weighted by Gasteiger charge is -2.07. The third-order valence-electron chi connectivity index (χ3n) is 2.31. The Hall–Kier alpha value is -2.23. The molecule has 0 saturated carbocycles. The number of hydrogen-bond acceptors (Lipinski definition) is 3. The van der Waals surface area contributed by atoms with Crippen LogP contribution in [-0.4, -0.2) is 10.2 Å². The van der Waals surface area contributed by atoms with E-state index in [0.29, 0.717) is 12.1 Å². The Bertz CT molecular complexity index is 491. The van der Waals surface area contributed by atoms with Gasteiger partial charge in [0.2, 0.25) is 0 Å². The first-order valence-corrected chi connectivity index (χ1v) is 5.15. The van der Waals surface area contributed by atoms with Crippen molar-refractivity contribution in [2.24, 2.45) is 0 Å². The van der Waals surface area contributed by atoms with Gasteiger partial charge in [0, 0.05) is 18.3 Å². The third-order valence-corrected chi connectivity index (χ3v) is 2.31. The minimum atomic E-state index is -0.465. The Kier molecular flexibility index (Phi) is 3.14. The highest BCUT2D eigenvalue weighted by Crippen LogP contribution is 2.17. The maximum atomic E-state index is 13.0. The van der Waals surface area contributed by atoms with E-state index >= 15 is 0 Å². The summed E-state index contributed by atoms with van der Waals surface area (Å²) in [6.45, 7) is 0.399. The highest BCUT2D eigenvalue weighted by Gasteiger charge is 2.00. The van der Waals surface area contributed by atoms with E-state index < -0.39 is 5.82 Å². The summed E-state index contributed by atoms with van der Waals surface area (Å²) in [5.41, 5.74) is 1.46. The summed E-state index contributed by atoms with van der Waals surface area (Å²) in [5, 5.41) is 21.4. The van der Waals surface area contributed by atoms with E-state index in [0.717, 1.165) is 11.8 Å². The van der Waals surface area contributed by atoms with Crippen LogP contribution in [0.2, 0.25) is 0 Å². The Morgan fingerprint density at radius 1 is 0.941 bits per heavy atom. The van der Waals surface area contributed by atoms with Crippen molar-refractivity contribution in [3.63, 3.8) is 0 Å². The molecular formula is C13H12FNO2. The van der Waals surface area contributed by atoms with Crippen LogP contribution in [-0.2, 0) is 6.54 Å². The van der Waals surface area contributed by atoms with Gasteiger partial charge in [0.15, 0.2) is 0 Å². The monoisotopic (exact) mass is 233 g/mol. The molecule has 0 fully saturated rings. The zero-order valence-corrected chi connectivity index (χ0v) is 9.02. The fourth-order valence-electron chi connectivity index (χ4n) is 1.52. The molecule has 3 nitrogen and oxygen atoms in total. The van der Waals surface area contributed by atoms with Gasteiger partial charge in [-0.25, -0.2) is 4.39 Å². The number of rotatable bonds is 3. The smallest absolute Gasteiger partial charge is 0.127 e. The van der Waals surface area contributed by atoms with E-state index in [1.54, 1.807) is 24.3 Å². The molecule has 88 valence electrons. The Morgan fingerprint density at radius 3 is 2.29 bits per heavy atom. The standard InChI is InChI=1S/C13H12FNO2/c14-10-5-9(6-13(17)7-10)8-15-11-1-3-12(16)4-2-11/h1-7,15-17H,8H2. The molecule has 0 spiro atoms. The number of phenolic OH excluding ortho intramolecular Hbond substituents is 2. The molecule has 4 heteroatoms. The van der Waals surface area contributed by atoms with Gasteiger partial charge >= 0.3 is 0 Å². The summed E-state index contributed by atoms with van der Waals surface area (Å²) in [6, 6.07) is 10.5. The number of halogens is 1. The van der Waals surface area contributed by atoms with Gasteiger partial charge < -0.3 is 15.5 Å². The lowest BCUT2D eigenvalue weighted by molar-refractivity contribution is 0.468. The zero-order chi connectivity index (χ0) is 12.3. The summed E-state index contributed by atoms with van der Waals surface area (Å²) in [5.74, 6) is -0.362. The highest BCUT2D eigenvalue weighted by atomic mass is 19.1. The first kappa shape index (κ1) is 11.3. The van der Waals surface area contributed by atoms with Crippen molar-refractivity contribution in [2.45, 2.75) is 6.54 Å². The molecule has 0 aliphatic rings. The molecule has 3 N–H and O–H groups in total. The number of benzene rings is 2. The highest BCUT2D eigenvalue weighted by molar-refractivity contribution is 5.46. The van der Waals surface area contributed by atoms with Crippen molar-refractivity contribution in [1.82, 2.24) is 0 Å². The zero-order valence-electron chi connectivity index (χ0n) is 9.02. The number of hydrogen-bond donors (Lipinski definition) is 3. The number of phenols is 2. The van der Waals surface area contributed by atoms with Crippen LogP contribution in [0.4, 0.5) is 10.1 Å². The van der Waals surface area contributed by atoms with Gasteiger partial charge in [-0.05, 0) is 42.0 Å². The molecule has 2 aromatic carbocycles. The normalized spacial score (nSPS) is 10.2. The SMILES string of the molecule is Oc1ccc(NCc2cc(O)cc(F)c2)cc1. The predicted molar refractivity (Wildman–Crippen MR) is 63.5 cm³/mol. The molecule has 0 atom stereocenters. The molecule has 0 aromatic heterocycles. The Balaban J connectivity index is 2.04. The van der Waals surface area contributed by atoms with Crippen molar-refractivity contribution in [2.75, 3.05) is 5.32 Å². The first-order chi connectivity index (χ1) is 8.13. The van der Waals surface area contributed by atoms with Gasteiger partial charge in [0.05, 0.1) is 0 Å². The van der Waals surface area contributed by atoms with Crippen LogP contribution >= 0.6 is 0 Å². The van der Waals surface area contributed by atoms with Crippen molar-refractivity contribution >= 4 is 5.69 Å². The molecule has 0 bridgehead atoms. The van der Waals surface area contributed by atoms with E-state index in [9.17, 15) is 9.50 Å². The maximum absolute atomic E-state index is 13.0. The second-order valence-electron chi connectivity index (χ2n) is 3.72. The molecule has 0 amide bonds. The largest absolute Gasteiger partial charge is 0.508 e. The van der Waals surface area contributed by atoms with Gasteiger partial charge in [-0.3, -0.25) is 0 Å². The average Bonchev–Trinajstić information content (AvgIpc) is 2.27. The predicted octanol–water partition coefficient (Wildman–Crippen LogP) is 2.85. The van der Waals surface area contributed by atoms with Crippen molar-refractivity contribution < 1.29 is 14.6 Å². The van der Waals surface area contributed by atoms with Gasteiger partial charge in [-0.1, -0.05) is 0 Å². The van der Waals surface area contributed by atoms with E-state index in [1.165, 1.54) is 12.1 Å². The minimum absolute atomic E-state index is 0.0903. The number of nitrogens with one attached hydrogen (secondary N) is 1. The fourth-order valence-corrected chi connectivity index (χ4v) is 1.52. The summed E-state index contributed by atoms with van der Waals surface area (Å²) in [6.07, 6.45) is 0. The Labute approximate surface area is 98.2 Å². The number of anilines is 1. The van der Waals surface area contributed by atoms with Crippen LogP contribution in [0.25, 0.3) is 0 Å². The molecule has 17 heavy (non-hydrogen) atoms. The van der Waals surface area contributed by atoms with E-state index in [2.05, 4.69) is 5.32 Å².